The summed E-state index contributed by atoms with van der Waals surface area (Å²) in [5.74, 6) is -2.94. The van der Waals surface area contributed by atoms with E-state index in [9.17, 15) is 24.7 Å². The van der Waals surface area contributed by atoms with Crippen LogP contribution in [-0.2, 0) is 30.2 Å². The molecule has 2 amide bonds. The average molecular weight is 576 g/mol. The summed E-state index contributed by atoms with van der Waals surface area (Å²) in [5, 5.41) is 27.4. The number of allylic oxidation sites excluding steroid dienone is 1. The van der Waals surface area contributed by atoms with E-state index < -0.39 is 36.6 Å². The number of hydrogen-bond acceptors (Lipinski definition) is 10. The van der Waals surface area contributed by atoms with Crippen LogP contribution in [-0.4, -0.2) is 69.9 Å². The number of esters is 1. The molecule has 2 N–H and O–H groups in total. The predicted molar refractivity (Wildman–Crippen MR) is 151 cm³/mol. The number of ether oxygens (including phenoxy) is 3. The number of β-lactam (4-membered cyclic amide) rings is 1. The van der Waals surface area contributed by atoms with Crippen molar-refractivity contribution >= 4 is 23.8 Å². The molecule has 3 rings (SSSR count). The van der Waals surface area contributed by atoms with Crippen LogP contribution in [0.3, 0.4) is 0 Å². The van der Waals surface area contributed by atoms with Gasteiger partial charge in [-0.15, -0.1) is 0 Å². The summed E-state index contributed by atoms with van der Waals surface area (Å²) in [6.45, 7) is 10.1. The van der Waals surface area contributed by atoms with Crippen molar-refractivity contribution < 1.29 is 33.7 Å². The molecule has 0 bridgehead atoms. The Labute approximate surface area is 241 Å². The molecule has 41 heavy (non-hydrogen) atoms. The van der Waals surface area contributed by atoms with E-state index in [0.29, 0.717) is 18.5 Å². The second-order valence-electron chi connectivity index (χ2n) is 11.1. The number of rotatable bonds is 14. The monoisotopic (exact) mass is 575 g/mol. The molecule has 0 aromatic carbocycles. The largest absolute Gasteiger partial charge is 0.757 e. The van der Waals surface area contributed by atoms with E-state index in [4.69, 9.17) is 14.2 Å². The zero-order valence-corrected chi connectivity index (χ0v) is 24.5. The first-order chi connectivity index (χ1) is 19.4. The van der Waals surface area contributed by atoms with E-state index in [2.05, 4.69) is 16.9 Å². The maximum absolute atomic E-state index is 13.2. The fourth-order valence-corrected chi connectivity index (χ4v) is 5.44. The minimum Gasteiger partial charge on any atom is -0.757 e. The molecule has 0 radical (unpaired) electrons. The smallest absolute Gasteiger partial charge is 0.415 e. The Morgan fingerprint density at radius 3 is 2.66 bits per heavy atom. The number of hydrogen-bond donors (Lipinski definition) is 2. The van der Waals surface area contributed by atoms with Crippen LogP contribution in [0.4, 0.5) is 10.6 Å². The van der Waals surface area contributed by atoms with Gasteiger partial charge >= 0.3 is 12.1 Å². The maximum atomic E-state index is 13.2. The number of aryl methyl sites for hydroxylation is 1. The molecule has 2 aliphatic rings. The van der Waals surface area contributed by atoms with Gasteiger partial charge in [0, 0.05) is 12.8 Å². The Morgan fingerprint density at radius 2 is 2.00 bits per heavy atom. The van der Waals surface area contributed by atoms with Crippen LogP contribution in [0.1, 0.15) is 71.8 Å². The molecule has 1 aliphatic carbocycles. The number of likely N-dealkylation sites (tertiary alicyclic amines) is 1. The summed E-state index contributed by atoms with van der Waals surface area (Å²) in [7, 11) is 0. The van der Waals surface area contributed by atoms with E-state index in [-0.39, 0.29) is 36.8 Å². The molecule has 2 unspecified atom stereocenters. The quantitative estimate of drug-likeness (QED) is 0.143. The normalized spacial score (nSPS) is 20.7. The topological polar surface area (TPSA) is 154 Å². The van der Waals surface area contributed by atoms with Crippen LogP contribution >= 0.6 is 0 Å². The molecule has 1 aliphatic heterocycles. The van der Waals surface area contributed by atoms with Gasteiger partial charge in [0.25, 0.3) is 0 Å². The van der Waals surface area contributed by atoms with E-state index in [1.807, 2.05) is 0 Å². The number of anilines is 1. The number of hydroxylamine groups is 2. The third-order valence-corrected chi connectivity index (χ3v) is 7.64. The van der Waals surface area contributed by atoms with Crippen LogP contribution < -0.4 is 5.32 Å². The van der Waals surface area contributed by atoms with Gasteiger partial charge in [-0.1, -0.05) is 39.7 Å². The van der Waals surface area contributed by atoms with Crippen LogP contribution in [0, 0.1) is 23.0 Å². The van der Waals surface area contributed by atoms with Gasteiger partial charge in [-0.3, -0.25) is 14.9 Å². The van der Waals surface area contributed by atoms with Crippen molar-refractivity contribution in [2.75, 3.05) is 25.4 Å². The third-order valence-electron chi connectivity index (χ3n) is 7.64. The lowest BCUT2D eigenvalue weighted by molar-refractivity contribution is -0.259. The van der Waals surface area contributed by atoms with Crippen LogP contribution in [0.5, 0.6) is 0 Å². The molecule has 1 aromatic heterocycles. The number of aromatic nitrogens is 1. The summed E-state index contributed by atoms with van der Waals surface area (Å²) in [5.41, 5.74) is 1.27. The summed E-state index contributed by atoms with van der Waals surface area (Å²) in [6, 6.07) is 2.69. The molecule has 12 nitrogen and oxygen atoms in total. The molecule has 1 saturated heterocycles. The molecule has 0 spiro atoms. The van der Waals surface area contributed by atoms with Gasteiger partial charge in [0.1, 0.15) is 5.82 Å². The Morgan fingerprint density at radius 1 is 1.29 bits per heavy atom. The molecule has 1 aromatic rings. The van der Waals surface area contributed by atoms with Gasteiger partial charge in [-0.25, -0.2) is 9.78 Å². The standard InChI is InChI=1S/C29H43N4O8/c1-6-41-29(5,37)25-23(26(34)32(25)17-33(38)20(4)22-10-8-7-9-11-22)13-12-21-14-15-30-24(16-21)31-28(36)40-18-39-27(35)19(2)3/h14-16,19,22-23,25,37H,4,6-13,17-18H2,1-3,5H3,(H,30,31,36)/q-1/t23?,25-,29?/m0/s1. The van der Waals surface area contributed by atoms with Crippen molar-refractivity contribution in [2.24, 2.45) is 17.8 Å². The summed E-state index contributed by atoms with van der Waals surface area (Å²) < 4.78 is 15.3. The Kier molecular flexibility index (Phi) is 11.5. The van der Waals surface area contributed by atoms with Gasteiger partial charge in [0.05, 0.1) is 24.5 Å². The van der Waals surface area contributed by atoms with Gasteiger partial charge < -0.3 is 34.5 Å². The number of amides is 2. The van der Waals surface area contributed by atoms with Crippen LogP contribution in [0.2, 0.25) is 0 Å². The minimum atomic E-state index is -1.64. The van der Waals surface area contributed by atoms with E-state index in [1.54, 1.807) is 32.9 Å². The lowest BCUT2D eigenvalue weighted by atomic mass is 9.78. The highest BCUT2D eigenvalue weighted by atomic mass is 16.7. The molecule has 2 fully saturated rings. The molecule has 228 valence electrons. The molecule has 1 saturated carbocycles. The van der Waals surface area contributed by atoms with Crippen molar-refractivity contribution in [2.45, 2.75) is 84.5 Å². The Hall–Kier alpha value is -3.22. The zero-order chi connectivity index (χ0) is 30.2. The van der Waals surface area contributed by atoms with Crippen molar-refractivity contribution in [3.63, 3.8) is 0 Å². The summed E-state index contributed by atoms with van der Waals surface area (Å²) >= 11 is 0. The molecule has 3 atom stereocenters. The molecular weight excluding hydrogens is 532 g/mol. The van der Waals surface area contributed by atoms with Gasteiger partial charge in [-0.2, -0.15) is 0 Å². The average Bonchev–Trinajstić information content (AvgIpc) is 2.93. The van der Waals surface area contributed by atoms with Gasteiger partial charge in [0.2, 0.25) is 12.7 Å². The van der Waals surface area contributed by atoms with E-state index in [1.165, 1.54) is 18.0 Å². The SMILES string of the molecule is C=C(C1CCCCC1)N([O-])CN1C(=O)C(CCc2ccnc(NC(=O)OCOC(=O)C(C)C)c2)[C@H]1C(C)(O)OCC. The Bertz CT molecular complexity index is 1070. The van der Waals surface area contributed by atoms with Crippen LogP contribution in [0.15, 0.2) is 30.6 Å². The first-order valence-electron chi connectivity index (χ1n) is 14.3. The second-order valence-corrected chi connectivity index (χ2v) is 11.1. The maximum Gasteiger partial charge on any atom is 0.415 e. The van der Waals surface area contributed by atoms with Crippen molar-refractivity contribution in [3.05, 3.63) is 41.4 Å². The van der Waals surface area contributed by atoms with Crippen molar-refractivity contribution in [1.82, 2.24) is 14.9 Å². The Balaban J connectivity index is 1.59. The number of carbonyl (C=O) groups excluding carboxylic acids is 3. The third kappa shape index (κ3) is 8.64. The predicted octanol–water partition coefficient (Wildman–Crippen LogP) is 4.14. The number of pyridine rings is 1. The number of aliphatic hydroxyl groups is 1. The highest BCUT2D eigenvalue weighted by Gasteiger charge is 2.56. The lowest BCUT2D eigenvalue weighted by Gasteiger charge is -2.55. The first-order valence-corrected chi connectivity index (χ1v) is 14.3. The van der Waals surface area contributed by atoms with Crippen LogP contribution in [0.25, 0.3) is 0 Å². The number of carbonyl (C=O) groups is 3. The number of nitrogens with zero attached hydrogens (tertiary/aromatic N) is 3. The van der Waals surface area contributed by atoms with E-state index in [0.717, 1.165) is 42.7 Å². The lowest BCUT2D eigenvalue weighted by Crippen LogP contribution is -2.71. The fourth-order valence-electron chi connectivity index (χ4n) is 5.44. The molecule has 2 heterocycles. The van der Waals surface area contributed by atoms with Crippen molar-refractivity contribution in [3.8, 4) is 0 Å². The molecular formula is C29H43N4O8-. The van der Waals surface area contributed by atoms with Gasteiger partial charge in [-0.05, 0) is 68.8 Å². The zero-order valence-electron chi connectivity index (χ0n) is 24.5. The summed E-state index contributed by atoms with van der Waals surface area (Å²) in [4.78, 5) is 42.2. The van der Waals surface area contributed by atoms with Crippen molar-refractivity contribution in [1.29, 1.82) is 0 Å². The van der Waals surface area contributed by atoms with Gasteiger partial charge in [0.15, 0.2) is 5.79 Å². The molecule has 12 heteroatoms. The number of nitrogens with one attached hydrogen (secondary N) is 1. The minimum absolute atomic E-state index is 0.112. The van der Waals surface area contributed by atoms with E-state index >= 15 is 0 Å². The highest BCUT2D eigenvalue weighted by Crippen LogP contribution is 2.39. The summed E-state index contributed by atoms with van der Waals surface area (Å²) in [6.07, 6.45) is 6.61. The first kappa shape index (κ1) is 32.3. The second kappa shape index (κ2) is 14.6. The fraction of sp³-hybridized carbons (Fsp3) is 0.655. The highest BCUT2D eigenvalue weighted by molar-refractivity contribution is 5.86.